The molecule has 13 heavy (non-hydrogen) atoms. The number of hydrogen-bond donors (Lipinski definition) is 0. The van der Waals surface area contributed by atoms with E-state index in [0.29, 0.717) is 5.92 Å². The maximum Gasteiger partial charge on any atom is 0.216 e. The van der Waals surface area contributed by atoms with Crippen molar-refractivity contribution in [3.8, 4) is 5.88 Å². The zero-order chi connectivity index (χ0) is 9.26. The Balaban J connectivity index is 2.33. The summed E-state index contributed by atoms with van der Waals surface area (Å²) in [5.74, 6) is 1.45. The molecule has 2 rings (SSSR count). The number of ether oxygens (including phenoxy) is 1. The van der Waals surface area contributed by atoms with Gasteiger partial charge in [-0.15, -0.1) is 0 Å². The highest BCUT2D eigenvalue weighted by atomic mass is 79.9. The molecular weight excluding hydrogens is 230 g/mol. The molecule has 0 unspecified atom stereocenters. The zero-order valence-electron chi connectivity index (χ0n) is 7.59. The van der Waals surface area contributed by atoms with Crippen molar-refractivity contribution < 1.29 is 4.74 Å². The van der Waals surface area contributed by atoms with Gasteiger partial charge in [0.25, 0.3) is 0 Å². The predicted octanol–water partition coefficient (Wildman–Crippen LogP) is 3.12. The third-order valence-corrected chi connectivity index (χ3v) is 3.02. The van der Waals surface area contributed by atoms with Gasteiger partial charge in [0.05, 0.1) is 7.11 Å². The van der Waals surface area contributed by atoms with Crippen molar-refractivity contribution in [2.24, 2.45) is 0 Å². The lowest BCUT2D eigenvalue weighted by atomic mass is 9.80. The number of halogens is 1. The highest BCUT2D eigenvalue weighted by Gasteiger charge is 2.23. The van der Waals surface area contributed by atoms with Gasteiger partial charge in [-0.2, -0.15) is 0 Å². The van der Waals surface area contributed by atoms with E-state index in [1.54, 1.807) is 13.3 Å². The summed E-state index contributed by atoms with van der Waals surface area (Å²) in [6, 6.07) is 2.12. The van der Waals surface area contributed by atoms with Gasteiger partial charge in [-0.05, 0) is 40.8 Å². The Morgan fingerprint density at radius 3 is 2.85 bits per heavy atom. The molecule has 1 heterocycles. The van der Waals surface area contributed by atoms with E-state index in [1.807, 2.05) is 0 Å². The SMILES string of the molecule is COc1ncc(Br)cc1C1CCC1. The average molecular weight is 242 g/mol. The molecule has 2 nitrogen and oxygen atoms in total. The number of nitrogens with zero attached hydrogens (tertiary/aromatic N) is 1. The second-order valence-electron chi connectivity index (χ2n) is 3.38. The van der Waals surface area contributed by atoms with Crippen molar-refractivity contribution in [3.63, 3.8) is 0 Å². The second kappa shape index (κ2) is 3.66. The maximum absolute atomic E-state index is 5.23. The number of hydrogen-bond acceptors (Lipinski definition) is 2. The molecule has 0 spiro atoms. The Morgan fingerprint density at radius 1 is 1.54 bits per heavy atom. The molecule has 1 aromatic heterocycles. The monoisotopic (exact) mass is 241 g/mol. The number of rotatable bonds is 2. The molecule has 1 aliphatic rings. The first kappa shape index (κ1) is 9.00. The van der Waals surface area contributed by atoms with Crippen LogP contribution in [0, 0.1) is 0 Å². The van der Waals surface area contributed by atoms with Crippen molar-refractivity contribution in [1.29, 1.82) is 0 Å². The summed E-state index contributed by atoms with van der Waals surface area (Å²) >= 11 is 3.43. The van der Waals surface area contributed by atoms with E-state index in [0.717, 1.165) is 10.4 Å². The van der Waals surface area contributed by atoms with Gasteiger partial charge in [0.1, 0.15) is 0 Å². The van der Waals surface area contributed by atoms with Crippen LogP contribution in [0.4, 0.5) is 0 Å². The molecule has 0 saturated heterocycles. The fraction of sp³-hybridized carbons (Fsp3) is 0.500. The summed E-state index contributed by atoms with van der Waals surface area (Å²) in [6.45, 7) is 0. The van der Waals surface area contributed by atoms with E-state index < -0.39 is 0 Å². The minimum atomic E-state index is 0.667. The first-order chi connectivity index (χ1) is 6.31. The van der Waals surface area contributed by atoms with Crippen LogP contribution in [-0.4, -0.2) is 12.1 Å². The molecule has 70 valence electrons. The van der Waals surface area contributed by atoms with Crippen LogP contribution >= 0.6 is 15.9 Å². The summed E-state index contributed by atoms with van der Waals surface area (Å²) in [6.07, 6.45) is 5.66. The van der Waals surface area contributed by atoms with E-state index in [2.05, 4.69) is 27.0 Å². The van der Waals surface area contributed by atoms with Crippen molar-refractivity contribution in [3.05, 3.63) is 22.3 Å². The molecule has 0 amide bonds. The third kappa shape index (κ3) is 1.70. The molecule has 0 aromatic carbocycles. The van der Waals surface area contributed by atoms with Crippen LogP contribution in [0.1, 0.15) is 30.7 Å². The maximum atomic E-state index is 5.23. The fourth-order valence-corrected chi connectivity index (χ4v) is 1.97. The Morgan fingerprint density at radius 2 is 2.31 bits per heavy atom. The van der Waals surface area contributed by atoms with Crippen LogP contribution in [0.5, 0.6) is 5.88 Å². The van der Waals surface area contributed by atoms with Gasteiger partial charge >= 0.3 is 0 Å². The van der Waals surface area contributed by atoms with Gasteiger partial charge in [0.2, 0.25) is 5.88 Å². The molecule has 1 saturated carbocycles. The third-order valence-electron chi connectivity index (χ3n) is 2.58. The zero-order valence-corrected chi connectivity index (χ0v) is 9.17. The normalized spacial score (nSPS) is 16.8. The molecule has 3 heteroatoms. The summed E-state index contributed by atoms with van der Waals surface area (Å²) < 4.78 is 6.26. The first-order valence-corrected chi connectivity index (χ1v) is 5.30. The Labute approximate surface area is 86.5 Å². The topological polar surface area (TPSA) is 22.1 Å². The molecule has 1 aromatic rings. The van der Waals surface area contributed by atoms with Gasteiger partial charge in [0.15, 0.2) is 0 Å². The van der Waals surface area contributed by atoms with E-state index >= 15 is 0 Å². The number of methoxy groups -OCH3 is 1. The smallest absolute Gasteiger partial charge is 0.216 e. The summed E-state index contributed by atoms with van der Waals surface area (Å²) in [4.78, 5) is 4.23. The molecule has 1 aliphatic carbocycles. The Bertz CT molecular complexity index is 310. The minimum Gasteiger partial charge on any atom is -0.481 e. The molecule has 1 fully saturated rings. The Hall–Kier alpha value is -0.570. The molecular formula is C10H12BrNO. The summed E-state index contributed by atoms with van der Waals surface area (Å²) in [7, 11) is 1.68. The van der Waals surface area contributed by atoms with Crippen LogP contribution in [0.2, 0.25) is 0 Å². The first-order valence-electron chi connectivity index (χ1n) is 4.50. The van der Waals surface area contributed by atoms with Gasteiger partial charge in [-0.25, -0.2) is 4.98 Å². The standard InChI is InChI=1S/C10H12BrNO/c1-13-10-9(7-3-2-4-7)5-8(11)6-12-10/h5-7H,2-4H2,1H3. The predicted molar refractivity (Wildman–Crippen MR) is 55.1 cm³/mol. The lowest BCUT2D eigenvalue weighted by molar-refractivity contribution is 0.361. The van der Waals surface area contributed by atoms with Gasteiger partial charge < -0.3 is 4.74 Å². The van der Waals surface area contributed by atoms with E-state index in [4.69, 9.17) is 4.74 Å². The van der Waals surface area contributed by atoms with Gasteiger partial charge in [0, 0.05) is 16.2 Å². The quantitative estimate of drug-likeness (QED) is 0.794. The van der Waals surface area contributed by atoms with Crippen LogP contribution in [0.15, 0.2) is 16.7 Å². The second-order valence-corrected chi connectivity index (χ2v) is 4.30. The Kier molecular flexibility index (Phi) is 2.54. The summed E-state index contributed by atoms with van der Waals surface area (Å²) in [5.41, 5.74) is 1.25. The lowest BCUT2D eigenvalue weighted by Crippen LogP contribution is -2.10. The molecule has 0 radical (unpaired) electrons. The minimum absolute atomic E-state index is 0.667. The molecule has 0 aliphatic heterocycles. The van der Waals surface area contributed by atoms with E-state index in [9.17, 15) is 0 Å². The van der Waals surface area contributed by atoms with E-state index in [-0.39, 0.29) is 0 Å². The molecule has 0 atom stereocenters. The van der Waals surface area contributed by atoms with Crippen molar-refractivity contribution in [2.45, 2.75) is 25.2 Å². The van der Waals surface area contributed by atoms with Gasteiger partial charge in [-0.1, -0.05) is 6.42 Å². The van der Waals surface area contributed by atoms with Crippen LogP contribution < -0.4 is 4.74 Å². The molecule has 0 N–H and O–H groups in total. The molecule has 0 bridgehead atoms. The van der Waals surface area contributed by atoms with Crippen molar-refractivity contribution in [2.75, 3.05) is 7.11 Å². The van der Waals surface area contributed by atoms with Crippen LogP contribution in [0.25, 0.3) is 0 Å². The van der Waals surface area contributed by atoms with Crippen molar-refractivity contribution in [1.82, 2.24) is 4.98 Å². The number of pyridine rings is 1. The van der Waals surface area contributed by atoms with Crippen LogP contribution in [-0.2, 0) is 0 Å². The van der Waals surface area contributed by atoms with Crippen LogP contribution in [0.3, 0.4) is 0 Å². The largest absolute Gasteiger partial charge is 0.481 e. The van der Waals surface area contributed by atoms with E-state index in [1.165, 1.54) is 24.8 Å². The van der Waals surface area contributed by atoms with Crippen molar-refractivity contribution >= 4 is 15.9 Å². The summed E-state index contributed by atoms with van der Waals surface area (Å²) in [5, 5.41) is 0. The van der Waals surface area contributed by atoms with Gasteiger partial charge in [-0.3, -0.25) is 0 Å². The highest BCUT2D eigenvalue weighted by molar-refractivity contribution is 9.10. The number of aromatic nitrogens is 1. The lowest BCUT2D eigenvalue weighted by Gasteiger charge is -2.26. The highest BCUT2D eigenvalue weighted by Crippen LogP contribution is 2.40. The fourth-order valence-electron chi connectivity index (χ4n) is 1.62. The average Bonchev–Trinajstić information content (AvgIpc) is 2.02.